The Bertz CT molecular complexity index is 546. The van der Waals surface area contributed by atoms with Gasteiger partial charge in [0.25, 0.3) is 0 Å². The van der Waals surface area contributed by atoms with Crippen LogP contribution < -0.4 is 21.7 Å². The molecule has 0 aromatic carbocycles. The molecular formula is C17H32N4O6S. The van der Waals surface area contributed by atoms with Crippen LogP contribution in [0.1, 0.15) is 33.6 Å². The molecular weight excluding hydrogens is 388 g/mol. The minimum Gasteiger partial charge on any atom is -0.480 e. The van der Waals surface area contributed by atoms with Crippen LogP contribution in [0, 0.1) is 5.92 Å². The molecule has 0 saturated heterocycles. The van der Waals surface area contributed by atoms with Crippen LogP contribution in [-0.4, -0.2) is 76.7 Å². The van der Waals surface area contributed by atoms with Crippen LogP contribution in [0.5, 0.6) is 0 Å². The highest BCUT2D eigenvalue weighted by molar-refractivity contribution is 7.98. The average Bonchev–Trinajstić information content (AvgIpc) is 2.65. The SMILES string of the molecule is CCC(C)C(NC(=O)C(CCSC)NC(=O)C(C)N)C(=O)NC(CO)C(=O)O. The number of rotatable bonds is 13. The number of hydrogen-bond donors (Lipinski definition) is 6. The molecule has 3 amide bonds. The van der Waals surface area contributed by atoms with E-state index in [0.717, 1.165) is 0 Å². The van der Waals surface area contributed by atoms with Crippen LogP contribution in [0.2, 0.25) is 0 Å². The minimum absolute atomic E-state index is 0.303. The van der Waals surface area contributed by atoms with Crippen LogP contribution in [0.15, 0.2) is 0 Å². The standard InChI is InChI=1S/C17H32N4O6S/c1-5-9(2)13(16(25)20-12(8-22)17(26)27)21-15(24)11(6-7-28-4)19-14(23)10(3)18/h9-13,22H,5-8,18H2,1-4H3,(H,19,23)(H,20,25)(H,21,24)(H,26,27). The Labute approximate surface area is 169 Å². The lowest BCUT2D eigenvalue weighted by Gasteiger charge is -2.27. The van der Waals surface area contributed by atoms with Crippen molar-refractivity contribution in [3.63, 3.8) is 0 Å². The van der Waals surface area contributed by atoms with Gasteiger partial charge in [-0.05, 0) is 31.3 Å². The van der Waals surface area contributed by atoms with Crippen molar-refractivity contribution in [2.75, 3.05) is 18.6 Å². The van der Waals surface area contributed by atoms with Crippen molar-refractivity contribution in [3.05, 3.63) is 0 Å². The molecule has 0 radical (unpaired) electrons. The van der Waals surface area contributed by atoms with Crippen LogP contribution in [-0.2, 0) is 19.2 Å². The number of hydrogen-bond acceptors (Lipinski definition) is 7. The molecule has 0 bridgehead atoms. The van der Waals surface area contributed by atoms with Gasteiger partial charge in [0, 0.05) is 0 Å². The predicted octanol–water partition coefficient (Wildman–Crippen LogP) is -1.34. The fourth-order valence-corrected chi connectivity index (χ4v) is 2.68. The van der Waals surface area contributed by atoms with Gasteiger partial charge >= 0.3 is 5.97 Å². The van der Waals surface area contributed by atoms with Crippen molar-refractivity contribution < 1.29 is 29.4 Å². The van der Waals surface area contributed by atoms with Gasteiger partial charge in [0.05, 0.1) is 12.6 Å². The normalized spacial score (nSPS) is 16.2. The van der Waals surface area contributed by atoms with Crippen LogP contribution >= 0.6 is 11.8 Å². The summed E-state index contributed by atoms with van der Waals surface area (Å²) in [5, 5.41) is 25.5. The highest BCUT2D eigenvalue weighted by atomic mass is 32.2. The van der Waals surface area contributed by atoms with E-state index in [1.807, 2.05) is 13.2 Å². The van der Waals surface area contributed by atoms with Crippen LogP contribution in [0.3, 0.4) is 0 Å². The van der Waals surface area contributed by atoms with Gasteiger partial charge in [0.2, 0.25) is 17.7 Å². The van der Waals surface area contributed by atoms with E-state index in [4.69, 9.17) is 15.9 Å². The summed E-state index contributed by atoms with van der Waals surface area (Å²) in [6.07, 6.45) is 2.74. The molecule has 0 aliphatic heterocycles. The highest BCUT2D eigenvalue weighted by Crippen LogP contribution is 2.10. The largest absolute Gasteiger partial charge is 0.480 e. The molecule has 0 fully saturated rings. The van der Waals surface area contributed by atoms with Crippen molar-refractivity contribution in [1.82, 2.24) is 16.0 Å². The first kappa shape index (κ1) is 26.1. The summed E-state index contributed by atoms with van der Waals surface area (Å²) in [7, 11) is 0. The molecule has 5 unspecified atom stereocenters. The van der Waals surface area contributed by atoms with E-state index in [-0.39, 0.29) is 5.92 Å². The third-order valence-corrected chi connectivity index (χ3v) is 4.89. The van der Waals surface area contributed by atoms with Gasteiger partial charge in [0.15, 0.2) is 0 Å². The molecule has 7 N–H and O–H groups in total. The number of carboxylic acid groups (broad SMARTS) is 1. The summed E-state index contributed by atoms with van der Waals surface area (Å²) >= 11 is 1.50. The lowest BCUT2D eigenvalue weighted by molar-refractivity contribution is -0.143. The maximum absolute atomic E-state index is 12.7. The van der Waals surface area contributed by atoms with Crippen LogP contribution in [0.25, 0.3) is 0 Å². The van der Waals surface area contributed by atoms with E-state index in [0.29, 0.717) is 18.6 Å². The van der Waals surface area contributed by atoms with Gasteiger partial charge in [-0.25, -0.2) is 4.79 Å². The zero-order valence-corrected chi connectivity index (χ0v) is 17.5. The van der Waals surface area contributed by atoms with Crippen molar-refractivity contribution in [2.45, 2.75) is 57.8 Å². The number of aliphatic carboxylic acids is 1. The van der Waals surface area contributed by atoms with E-state index in [9.17, 15) is 19.2 Å². The zero-order valence-electron chi connectivity index (χ0n) is 16.7. The van der Waals surface area contributed by atoms with Gasteiger partial charge in [-0.1, -0.05) is 20.3 Å². The number of amides is 3. The topological polar surface area (TPSA) is 171 Å². The molecule has 0 aromatic heterocycles. The smallest absolute Gasteiger partial charge is 0.328 e. The number of thioether (sulfide) groups is 1. The van der Waals surface area contributed by atoms with Gasteiger partial charge in [-0.3, -0.25) is 14.4 Å². The maximum atomic E-state index is 12.7. The molecule has 28 heavy (non-hydrogen) atoms. The maximum Gasteiger partial charge on any atom is 0.328 e. The second-order valence-corrected chi connectivity index (χ2v) is 7.57. The number of carbonyl (C=O) groups excluding carboxylic acids is 3. The van der Waals surface area contributed by atoms with Crippen molar-refractivity contribution >= 4 is 35.5 Å². The summed E-state index contributed by atoms with van der Waals surface area (Å²) in [6.45, 7) is 4.27. The number of aliphatic hydroxyl groups excluding tert-OH is 1. The summed E-state index contributed by atoms with van der Waals surface area (Å²) in [6, 6.07) is -4.16. The molecule has 11 heteroatoms. The summed E-state index contributed by atoms with van der Waals surface area (Å²) in [5.41, 5.74) is 5.54. The Morgan fingerprint density at radius 2 is 1.57 bits per heavy atom. The number of aliphatic hydroxyl groups is 1. The second-order valence-electron chi connectivity index (χ2n) is 6.59. The molecule has 0 aliphatic rings. The minimum atomic E-state index is -1.47. The Balaban J connectivity index is 5.34. The number of nitrogens with two attached hydrogens (primary N) is 1. The highest BCUT2D eigenvalue weighted by Gasteiger charge is 2.32. The fraction of sp³-hybridized carbons (Fsp3) is 0.765. The van der Waals surface area contributed by atoms with E-state index >= 15 is 0 Å². The van der Waals surface area contributed by atoms with E-state index in [1.54, 1.807) is 6.92 Å². The molecule has 0 spiro atoms. The van der Waals surface area contributed by atoms with E-state index in [1.165, 1.54) is 18.7 Å². The van der Waals surface area contributed by atoms with Crippen molar-refractivity contribution in [1.29, 1.82) is 0 Å². The van der Waals surface area contributed by atoms with Crippen molar-refractivity contribution in [2.24, 2.45) is 11.7 Å². The number of carboxylic acids is 1. The van der Waals surface area contributed by atoms with E-state index < -0.39 is 54.5 Å². The third kappa shape index (κ3) is 8.89. The summed E-state index contributed by atoms with van der Waals surface area (Å²) in [5.74, 6) is -2.85. The molecule has 162 valence electrons. The van der Waals surface area contributed by atoms with Gasteiger partial charge in [0.1, 0.15) is 18.1 Å². The monoisotopic (exact) mass is 420 g/mol. The molecule has 0 aromatic rings. The van der Waals surface area contributed by atoms with Crippen molar-refractivity contribution in [3.8, 4) is 0 Å². The molecule has 0 heterocycles. The second kappa shape index (κ2) is 13.3. The lowest BCUT2D eigenvalue weighted by atomic mass is 9.97. The van der Waals surface area contributed by atoms with Gasteiger partial charge in [-0.2, -0.15) is 11.8 Å². The Morgan fingerprint density at radius 1 is 1.00 bits per heavy atom. The number of nitrogens with one attached hydrogen (secondary N) is 3. The Kier molecular flexibility index (Phi) is 12.5. The third-order valence-electron chi connectivity index (χ3n) is 4.25. The fourth-order valence-electron chi connectivity index (χ4n) is 2.21. The first-order valence-electron chi connectivity index (χ1n) is 9.08. The summed E-state index contributed by atoms with van der Waals surface area (Å²) in [4.78, 5) is 48.2. The molecule has 0 saturated carbocycles. The lowest BCUT2D eigenvalue weighted by Crippen LogP contribution is -2.59. The quantitative estimate of drug-likeness (QED) is 0.213. The average molecular weight is 421 g/mol. The van der Waals surface area contributed by atoms with Gasteiger partial charge < -0.3 is 31.9 Å². The molecule has 5 atom stereocenters. The molecule has 0 rings (SSSR count). The zero-order chi connectivity index (χ0) is 21.9. The summed E-state index contributed by atoms with van der Waals surface area (Å²) < 4.78 is 0. The predicted molar refractivity (Wildman–Crippen MR) is 107 cm³/mol. The first-order valence-corrected chi connectivity index (χ1v) is 10.5. The van der Waals surface area contributed by atoms with Gasteiger partial charge in [-0.15, -0.1) is 0 Å². The Hall–Kier alpha value is -1.85. The Morgan fingerprint density at radius 3 is 2.00 bits per heavy atom. The first-order chi connectivity index (χ1) is 13.1. The van der Waals surface area contributed by atoms with Crippen LogP contribution in [0.4, 0.5) is 0 Å². The molecule has 0 aliphatic carbocycles. The molecule has 10 nitrogen and oxygen atoms in total. The number of carbonyl (C=O) groups is 4. The van der Waals surface area contributed by atoms with E-state index in [2.05, 4.69) is 16.0 Å².